The zero-order valence-corrected chi connectivity index (χ0v) is 20.7. The summed E-state index contributed by atoms with van der Waals surface area (Å²) >= 11 is 0. The highest BCUT2D eigenvalue weighted by Gasteiger charge is 2.63. The molecular weight excluding hydrogens is 547 g/mol. The van der Waals surface area contributed by atoms with Gasteiger partial charge in [-0.25, -0.2) is 4.21 Å². The summed E-state index contributed by atoms with van der Waals surface area (Å²) in [5.41, 5.74) is -3.78. The Kier molecular flexibility index (Phi) is 7.18. The molecule has 0 spiro atoms. The first-order chi connectivity index (χ1) is 17.4. The van der Waals surface area contributed by atoms with Crippen molar-refractivity contribution >= 4 is 21.9 Å². The summed E-state index contributed by atoms with van der Waals surface area (Å²) < 4.78 is 137. The van der Waals surface area contributed by atoms with Gasteiger partial charge < -0.3 is 4.57 Å². The monoisotopic (exact) mass is 570 g/mol. The van der Waals surface area contributed by atoms with Gasteiger partial charge in [0.2, 0.25) is 0 Å². The number of halogens is 9. The standard InChI is InChI=1S/C25H23F9N2OS/c1-14(38(35)37)10-20(24(29,30)31)18-12-36(13-22(8-9-22)25(32,33)34)21-11-15(6-7-17(18)21)16-4-2-3-5-19(16)23(26,27)28/h2-7,11-12,14,20H,8-10,13,35H2,1H3/t14?,20-,38?/m0/s1. The van der Waals surface area contributed by atoms with Crippen LogP contribution in [-0.2, 0) is 23.7 Å². The van der Waals surface area contributed by atoms with Gasteiger partial charge in [-0.15, -0.1) is 0 Å². The van der Waals surface area contributed by atoms with Crippen LogP contribution in [0.25, 0.3) is 22.0 Å². The molecule has 38 heavy (non-hydrogen) atoms. The van der Waals surface area contributed by atoms with E-state index in [1.807, 2.05) is 0 Å². The number of rotatable bonds is 7. The van der Waals surface area contributed by atoms with Crippen molar-refractivity contribution in [2.75, 3.05) is 0 Å². The number of nitrogens with zero attached hydrogens (tertiary/aromatic N) is 1. The third-order valence-electron chi connectivity index (χ3n) is 7.12. The van der Waals surface area contributed by atoms with E-state index >= 15 is 0 Å². The first-order valence-corrected chi connectivity index (χ1v) is 12.8. The summed E-state index contributed by atoms with van der Waals surface area (Å²) in [6, 6.07) is 8.18. The average molecular weight is 571 g/mol. The van der Waals surface area contributed by atoms with E-state index in [2.05, 4.69) is 0 Å². The SMILES string of the molecule is CC(C[C@@H](c1cn(CC2(C(F)(F)F)CC2)c2cc(-c3ccccc3C(F)(F)F)ccc12)C(F)(F)F)S(N)=O. The molecule has 0 aliphatic heterocycles. The highest BCUT2D eigenvalue weighted by molar-refractivity contribution is 7.83. The fourth-order valence-electron chi connectivity index (χ4n) is 4.75. The minimum atomic E-state index is -4.85. The summed E-state index contributed by atoms with van der Waals surface area (Å²) in [6.45, 7) is 0.587. The largest absolute Gasteiger partial charge is 0.417 e. The molecule has 4 rings (SSSR count). The van der Waals surface area contributed by atoms with Gasteiger partial charge in [-0.05, 0) is 55.0 Å². The smallest absolute Gasteiger partial charge is 0.346 e. The van der Waals surface area contributed by atoms with E-state index in [1.54, 1.807) is 0 Å². The number of hydrogen-bond acceptors (Lipinski definition) is 1. The molecule has 2 N–H and O–H groups in total. The Morgan fingerprint density at radius 1 is 1.00 bits per heavy atom. The van der Waals surface area contributed by atoms with Gasteiger partial charge in [-0.3, -0.25) is 5.14 Å². The summed E-state index contributed by atoms with van der Waals surface area (Å²) in [4.78, 5) is 0. The lowest BCUT2D eigenvalue weighted by molar-refractivity contribution is -0.190. The molecule has 13 heteroatoms. The average Bonchev–Trinajstić information content (AvgIpc) is 3.52. The number of hydrogen-bond donors (Lipinski definition) is 1. The predicted octanol–water partition coefficient (Wildman–Crippen LogP) is 7.72. The van der Waals surface area contributed by atoms with Crippen LogP contribution in [0.1, 0.15) is 43.2 Å². The Hall–Kier alpha value is -2.54. The first kappa shape index (κ1) is 28.5. The molecule has 3 aromatic rings. The van der Waals surface area contributed by atoms with Gasteiger partial charge in [0.25, 0.3) is 0 Å². The molecule has 1 saturated carbocycles. The van der Waals surface area contributed by atoms with Crippen LogP contribution >= 0.6 is 0 Å². The summed E-state index contributed by atoms with van der Waals surface area (Å²) in [7, 11) is -2.09. The van der Waals surface area contributed by atoms with E-state index in [4.69, 9.17) is 5.14 Å². The van der Waals surface area contributed by atoms with Crippen molar-refractivity contribution in [1.29, 1.82) is 0 Å². The molecular formula is C25H23F9N2OS. The van der Waals surface area contributed by atoms with Crippen molar-refractivity contribution in [3.8, 4) is 11.1 Å². The molecule has 1 aliphatic carbocycles. The van der Waals surface area contributed by atoms with E-state index in [-0.39, 0.29) is 40.4 Å². The van der Waals surface area contributed by atoms with Crippen LogP contribution in [0, 0.1) is 5.41 Å². The van der Waals surface area contributed by atoms with Crippen molar-refractivity contribution < 1.29 is 43.7 Å². The molecule has 3 atom stereocenters. The van der Waals surface area contributed by atoms with Crippen LogP contribution < -0.4 is 5.14 Å². The molecule has 0 amide bonds. The van der Waals surface area contributed by atoms with Gasteiger partial charge in [0, 0.05) is 28.9 Å². The minimum Gasteiger partial charge on any atom is -0.346 e. The number of alkyl halides is 9. The lowest BCUT2D eigenvalue weighted by atomic mass is 9.92. The second-order valence-corrected chi connectivity index (χ2v) is 11.2. The van der Waals surface area contributed by atoms with E-state index in [0.29, 0.717) is 0 Å². The zero-order valence-electron chi connectivity index (χ0n) is 19.8. The number of benzene rings is 2. The molecule has 3 nitrogen and oxygen atoms in total. The van der Waals surface area contributed by atoms with Crippen molar-refractivity contribution in [3.63, 3.8) is 0 Å². The van der Waals surface area contributed by atoms with Crippen LogP contribution in [0.5, 0.6) is 0 Å². The molecule has 1 heterocycles. The van der Waals surface area contributed by atoms with Crippen LogP contribution in [-0.4, -0.2) is 26.4 Å². The molecule has 0 bridgehead atoms. The maximum absolute atomic E-state index is 14.2. The van der Waals surface area contributed by atoms with Gasteiger partial charge >= 0.3 is 18.5 Å². The lowest BCUT2D eigenvalue weighted by Gasteiger charge is -2.22. The lowest BCUT2D eigenvalue weighted by Crippen LogP contribution is -2.29. The molecule has 208 valence electrons. The second kappa shape index (κ2) is 9.58. The molecule has 1 aromatic heterocycles. The Balaban J connectivity index is 1.93. The molecule has 1 aliphatic rings. The maximum Gasteiger partial charge on any atom is 0.417 e. The number of nitrogens with two attached hydrogens (primary N) is 1. The van der Waals surface area contributed by atoms with Crippen LogP contribution in [0.4, 0.5) is 39.5 Å². The predicted molar refractivity (Wildman–Crippen MR) is 125 cm³/mol. The van der Waals surface area contributed by atoms with E-state index in [1.165, 1.54) is 43.3 Å². The van der Waals surface area contributed by atoms with Gasteiger partial charge in [0.05, 0.1) is 27.9 Å². The Bertz CT molecular complexity index is 1350. The molecule has 1 fully saturated rings. The Morgan fingerprint density at radius 2 is 1.63 bits per heavy atom. The second-order valence-electron chi connectivity index (χ2n) is 9.73. The summed E-state index contributed by atoms with van der Waals surface area (Å²) in [5.74, 6) is -2.21. The molecule has 2 unspecified atom stereocenters. The minimum absolute atomic E-state index is 0.00632. The number of fused-ring (bicyclic) bond motifs is 1. The van der Waals surface area contributed by atoms with Gasteiger partial charge in [-0.1, -0.05) is 30.3 Å². The van der Waals surface area contributed by atoms with Crippen molar-refractivity contribution in [2.24, 2.45) is 10.6 Å². The fourth-order valence-corrected chi connectivity index (χ4v) is 5.13. The third kappa shape index (κ3) is 5.45. The first-order valence-electron chi connectivity index (χ1n) is 11.5. The summed E-state index contributed by atoms with van der Waals surface area (Å²) in [6.07, 6.45) is -14.3. The van der Waals surface area contributed by atoms with Crippen LogP contribution in [0.3, 0.4) is 0 Å². The third-order valence-corrected chi connectivity index (χ3v) is 8.10. The van der Waals surface area contributed by atoms with Crippen LogP contribution in [0.2, 0.25) is 0 Å². The van der Waals surface area contributed by atoms with Gasteiger partial charge in [0.1, 0.15) is 0 Å². The topological polar surface area (TPSA) is 48.0 Å². The van der Waals surface area contributed by atoms with E-state index < -0.39 is 64.6 Å². The van der Waals surface area contributed by atoms with Crippen molar-refractivity contribution in [3.05, 3.63) is 59.8 Å². The zero-order chi connectivity index (χ0) is 28.3. The fraction of sp³-hybridized carbons (Fsp3) is 0.440. The molecule has 2 aromatic carbocycles. The number of aromatic nitrogens is 1. The molecule has 0 saturated heterocycles. The maximum atomic E-state index is 14.2. The highest BCUT2D eigenvalue weighted by Crippen LogP contribution is 2.59. The molecule has 0 radical (unpaired) electrons. The van der Waals surface area contributed by atoms with Crippen molar-refractivity contribution in [2.45, 2.75) is 62.4 Å². The van der Waals surface area contributed by atoms with Gasteiger partial charge in [0.15, 0.2) is 0 Å². The Morgan fingerprint density at radius 3 is 2.16 bits per heavy atom. The van der Waals surface area contributed by atoms with E-state index in [9.17, 15) is 43.7 Å². The van der Waals surface area contributed by atoms with Crippen LogP contribution in [0.15, 0.2) is 48.7 Å². The van der Waals surface area contributed by atoms with Crippen molar-refractivity contribution in [1.82, 2.24) is 4.57 Å². The normalized spacial score (nSPS) is 18.4. The Labute approximate surface area is 214 Å². The summed E-state index contributed by atoms with van der Waals surface area (Å²) in [5, 5.41) is 4.15. The van der Waals surface area contributed by atoms with E-state index in [0.717, 1.165) is 16.8 Å². The quantitative estimate of drug-likeness (QED) is 0.291. The van der Waals surface area contributed by atoms with Gasteiger partial charge in [-0.2, -0.15) is 39.5 Å². The highest BCUT2D eigenvalue weighted by atomic mass is 32.2.